The summed E-state index contributed by atoms with van der Waals surface area (Å²) < 4.78 is 0. The van der Waals surface area contributed by atoms with Crippen molar-refractivity contribution < 1.29 is 19.8 Å². The van der Waals surface area contributed by atoms with E-state index in [1.165, 1.54) is 16.7 Å². The van der Waals surface area contributed by atoms with Gasteiger partial charge in [0.15, 0.2) is 0 Å². The second-order valence-electron chi connectivity index (χ2n) is 4.98. The Morgan fingerprint density at radius 2 is 2.30 bits per heavy atom. The lowest BCUT2D eigenvalue weighted by Crippen LogP contribution is -2.61. The maximum Gasteiger partial charge on any atom is 0.353 e. The van der Waals surface area contributed by atoms with Crippen LogP contribution >= 0.6 is 11.8 Å². The van der Waals surface area contributed by atoms with Crippen LogP contribution in [0.15, 0.2) is 21.6 Å². The van der Waals surface area contributed by atoms with Crippen molar-refractivity contribution in [2.24, 2.45) is 11.7 Å². The minimum Gasteiger partial charge on any atom is -0.477 e. The predicted octanol–water partition coefficient (Wildman–Crippen LogP) is 0.490. The molecule has 2 heterocycles. The molecule has 1 amide bonds. The number of carboxylic acids is 1. The Kier molecular flexibility index (Phi) is 4.22. The summed E-state index contributed by atoms with van der Waals surface area (Å²) in [5.74, 6) is -1.91. The fraction of sp³-hybridized carbons (Fsp3) is 0.538. The van der Waals surface area contributed by atoms with Gasteiger partial charge in [0.2, 0.25) is 5.91 Å². The number of allylic oxidation sites excluding steroid dienone is 1. The molecule has 2 rings (SSSR count). The van der Waals surface area contributed by atoms with Crippen molar-refractivity contribution in [1.82, 2.24) is 4.90 Å². The van der Waals surface area contributed by atoms with Crippen LogP contribution in [0.3, 0.4) is 0 Å². The third kappa shape index (κ3) is 2.36. The molecule has 20 heavy (non-hydrogen) atoms. The molecule has 110 valence electrons. The maximum atomic E-state index is 12.0. The van der Waals surface area contributed by atoms with Gasteiger partial charge in [-0.15, -0.1) is 0 Å². The van der Waals surface area contributed by atoms with E-state index in [0.717, 1.165) is 4.91 Å². The third-order valence-electron chi connectivity index (χ3n) is 3.58. The van der Waals surface area contributed by atoms with Crippen LogP contribution in [0, 0.1) is 5.92 Å². The van der Waals surface area contributed by atoms with E-state index in [4.69, 9.17) is 5.73 Å². The molecular formula is C13H18N2O4S. The number of nitrogens with zero attached hydrogens (tertiary/aromatic N) is 1. The summed E-state index contributed by atoms with van der Waals surface area (Å²) in [6, 6.07) is -0.234. The van der Waals surface area contributed by atoms with Crippen molar-refractivity contribution in [3.8, 4) is 0 Å². The molecule has 4 N–H and O–H groups in total. The highest BCUT2D eigenvalue weighted by molar-refractivity contribution is 8.06. The highest BCUT2D eigenvalue weighted by Gasteiger charge is 2.56. The van der Waals surface area contributed by atoms with Crippen LogP contribution in [-0.4, -0.2) is 45.7 Å². The largest absolute Gasteiger partial charge is 0.477 e. The fourth-order valence-corrected chi connectivity index (χ4v) is 3.83. The average molecular weight is 298 g/mol. The first-order valence-electron chi connectivity index (χ1n) is 6.40. The van der Waals surface area contributed by atoms with Gasteiger partial charge in [0, 0.05) is 17.9 Å². The number of hydrogen-bond acceptors (Lipinski definition) is 5. The standard InChI is InChI=1S/C13H18N2O4S/c1-6(3-4-14)20-9-5-8-10(7(2)16)12(17)15(8)11(9)13(18)19/h3,7-8,10,16H,4-5,14H2,1-2H3,(H,18,19). The molecule has 2 aliphatic rings. The highest BCUT2D eigenvalue weighted by atomic mass is 32.2. The number of β-lactam (4-membered cyclic amide) rings is 1. The summed E-state index contributed by atoms with van der Waals surface area (Å²) in [4.78, 5) is 26.2. The number of aliphatic hydroxyl groups is 1. The molecule has 7 heteroatoms. The molecule has 6 nitrogen and oxygen atoms in total. The van der Waals surface area contributed by atoms with Gasteiger partial charge < -0.3 is 20.8 Å². The van der Waals surface area contributed by atoms with Crippen LogP contribution in [0.5, 0.6) is 0 Å². The molecule has 0 aromatic heterocycles. The van der Waals surface area contributed by atoms with Crippen molar-refractivity contribution >= 4 is 23.6 Å². The highest BCUT2D eigenvalue weighted by Crippen LogP contribution is 2.48. The summed E-state index contributed by atoms with van der Waals surface area (Å²) in [6.45, 7) is 3.80. The van der Waals surface area contributed by atoms with E-state index in [1.54, 1.807) is 13.0 Å². The van der Waals surface area contributed by atoms with E-state index in [0.29, 0.717) is 17.9 Å². The van der Waals surface area contributed by atoms with Gasteiger partial charge in [-0.25, -0.2) is 4.79 Å². The normalized spacial score (nSPS) is 27.5. The van der Waals surface area contributed by atoms with E-state index in [9.17, 15) is 19.8 Å². The number of fused-ring (bicyclic) bond motifs is 1. The summed E-state index contributed by atoms with van der Waals surface area (Å²) in [7, 11) is 0. The molecule has 0 aromatic carbocycles. The number of nitrogens with two attached hydrogens (primary N) is 1. The summed E-state index contributed by atoms with van der Waals surface area (Å²) in [5, 5.41) is 18.9. The van der Waals surface area contributed by atoms with Gasteiger partial charge in [-0.1, -0.05) is 17.8 Å². The molecule has 3 unspecified atom stereocenters. The second kappa shape index (κ2) is 5.59. The average Bonchev–Trinajstić information content (AvgIpc) is 2.63. The van der Waals surface area contributed by atoms with Crippen LogP contribution < -0.4 is 5.73 Å². The van der Waals surface area contributed by atoms with Crippen molar-refractivity contribution in [3.63, 3.8) is 0 Å². The summed E-state index contributed by atoms with van der Waals surface area (Å²) >= 11 is 1.34. The van der Waals surface area contributed by atoms with E-state index >= 15 is 0 Å². The lowest BCUT2D eigenvalue weighted by atomic mass is 9.83. The van der Waals surface area contributed by atoms with Crippen molar-refractivity contribution in [1.29, 1.82) is 0 Å². The third-order valence-corrected chi connectivity index (χ3v) is 4.68. The monoisotopic (exact) mass is 298 g/mol. The Bertz CT molecular complexity index is 513. The lowest BCUT2D eigenvalue weighted by Gasteiger charge is -2.44. The summed E-state index contributed by atoms with van der Waals surface area (Å²) in [5.41, 5.74) is 5.48. The number of amides is 1. The van der Waals surface area contributed by atoms with Crippen LogP contribution in [0.2, 0.25) is 0 Å². The van der Waals surface area contributed by atoms with Crippen molar-refractivity contribution in [3.05, 3.63) is 21.6 Å². The number of aliphatic carboxylic acids is 1. The Labute approximate surface area is 121 Å². The van der Waals surface area contributed by atoms with Gasteiger partial charge in [-0.3, -0.25) is 4.79 Å². The van der Waals surface area contributed by atoms with Gasteiger partial charge in [0.25, 0.3) is 0 Å². The number of carboxylic acid groups (broad SMARTS) is 1. The second-order valence-corrected chi connectivity index (χ2v) is 6.32. The van der Waals surface area contributed by atoms with E-state index in [2.05, 4.69) is 0 Å². The summed E-state index contributed by atoms with van der Waals surface area (Å²) in [6.07, 6.45) is 1.52. The smallest absolute Gasteiger partial charge is 0.353 e. The number of carbonyl (C=O) groups excluding carboxylic acids is 1. The van der Waals surface area contributed by atoms with Gasteiger partial charge >= 0.3 is 5.97 Å². The van der Waals surface area contributed by atoms with Gasteiger partial charge in [0.05, 0.1) is 18.1 Å². The number of thioether (sulfide) groups is 1. The molecular weight excluding hydrogens is 280 g/mol. The Morgan fingerprint density at radius 1 is 1.65 bits per heavy atom. The Morgan fingerprint density at radius 3 is 2.80 bits per heavy atom. The predicted molar refractivity (Wildman–Crippen MR) is 75.5 cm³/mol. The van der Waals surface area contributed by atoms with Crippen LogP contribution in [0.25, 0.3) is 0 Å². The topological polar surface area (TPSA) is 104 Å². The molecule has 2 aliphatic heterocycles. The van der Waals surface area contributed by atoms with Crippen LogP contribution in [0.1, 0.15) is 20.3 Å². The van der Waals surface area contributed by atoms with Crippen LogP contribution in [-0.2, 0) is 9.59 Å². The Hall–Kier alpha value is -1.31. The molecule has 0 radical (unpaired) electrons. The van der Waals surface area contributed by atoms with Crippen molar-refractivity contribution in [2.45, 2.75) is 32.4 Å². The maximum absolute atomic E-state index is 12.0. The van der Waals surface area contributed by atoms with E-state index in [-0.39, 0.29) is 17.6 Å². The minimum absolute atomic E-state index is 0.0478. The minimum atomic E-state index is -1.10. The van der Waals surface area contributed by atoms with E-state index < -0.39 is 18.0 Å². The zero-order chi connectivity index (χ0) is 15.0. The molecule has 0 bridgehead atoms. The number of aliphatic hydroxyl groups excluding tert-OH is 1. The number of hydrogen-bond donors (Lipinski definition) is 3. The zero-order valence-electron chi connectivity index (χ0n) is 11.4. The first kappa shape index (κ1) is 15.1. The molecule has 0 saturated carbocycles. The molecule has 0 aromatic rings. The first-order valence-corrected chi connectivity index (χ1v) is 7.22. The molecule has 3 atom stereocenters. The quantitative estimate of drug-likeness (QED) is 0.638. The fourth-order valence-electron chi connectivity index (χ4n) is 2.72. The first-order chi connectivity index (χ1) is 9.38. The van der Waals surface area contributed by atoms with Crippen LogP contribution in [0.4, 0.5) is 0 Å². The van der Waals surface area contributed by atoms with Gasteiger partial charge in [-0.05, 0) is 18.8 Å². The molecule has 0 aliphatic carbocycles. The van der Waals surface area contributed by atoms with E-state index in [1.807, 2.05) is 6.92 Å². The zero-order valence-corrected chi connectivity index (χ0v) is 12.2. The van der Waals surface area contributed by atoms with Gasteiger partial charge in [0.1, 0.15) is 5.70 Å². The molecule has 1 fully saturated rings. The number of carbonyl (C=O) groups is 2. The van der Waals surface area contributed by atoms with Gasteiger partial charge in [-0.2, -0.15) is 0 Å². The molecule has 1 saturated heterocycles. The Balaban J connectivity index is 2.26. The number of rotatable bonds is 5. The molecule has 0 spiro atoms. The SMILES string of the molecule is CC(=CCN)SC1=C(C(=O)O)N2C(=O)C(C(C)O)C2C1. The van der Waals surface area contributed by atoms with Crippen molar-refractivity contribution in [2.75, 3.05) is 6.54 Å². The lowest BCUT2D eigenvalue weighted by molar-refractivity contribution is -0.161.